The Bertz CT molecular complexity index is 559. The molecule has 112 valence electrons. The van der Waals surface area contributed by atoms with Gasteiger partial charge in [0, 0.05) is 25.0 Å². The third-order valence-electron chi connectivity index (χ3n) is 3.74. The molecule has 0 spiro atoms. The predicted molar refractivity (Wildman–Crippen MR) is 72.6 cm³/mol. The fourth-order valence-corrected chi connectivity index (χ4v) is 3.37. The van der Waals surface area contributed by atoms with Gasteiger partial charge in [0.1, 0.15) is 0 Å². The highest BCUT2D eigenvalue weighted by Crippen LogP contribution is 2.39. The molecule has 1 saturated heterocycles. The van der Waals surface area contributed by atoms with Crippen molar-refractivity contribution in [2.24, 2.45) is 0 Å². The fourth-order valence-electron chi connectivity index (χ4n) is 2.53. The Hall–Kier alpha value is -0.990. The molecule has 20 heavy (non-hydrogen) atoms. The molecule has 1 aliphatic heterocycles. The number of piperidine rings is 1. The first-order chi connectivity index (χ1) is 9.49. The van der Waals surface area contributed by atoms with Gasteiger partial charge in [0.05, 0.1) is 12.8 Å². The van der Waals surface area contributed by atoms with Crippen molar-refractivity contribution in [1.29, 1.82) is 0 Å². The molecular formula is C12H20N4O3S. The number of hydrogen-bond acceptors (Lipinski definition) is 6. The lowest BCUT2D eigenvalue weighted by atomic mass is 10.1. The number of nitrogens with zero attached hydrogens (tertiary/aromatic N) is 3. The van der Waals surface area contributed by atoms with E-state index in [1.807, 2.05) is 0 Å². The summed E-state index contributed by atoms with van der Waals surface area (Å²) in [6.07, 6.45) is 5.15. The molecule has 0 amide bonds. The number of rotatable bonds is 5. The second-order valence-electron chi connectivity index (χ2n) is 5.75. The van der Waals surface area contributed by atoms with Crippen molar-refractivity contribution in [2.45, 2.75) is 44.2 Å². The summed E-state index contributed by atoms with van der Waals surface area (Å²) in [4.78, 5) is 2.23. The van der Waals surface area contributed by atoms with E-state index in [1.165, 1.54) is 6.26 Å². The van der Waals surface area contributed by atoms with Gasteiger partial charge in [0.25, 0.3) is 0 Å². The molecular weight excluding hydrogens is 280 g/mol. The molecule has 1 N–H and O–H groups in total. The quantitative estimate of drug-likeness (QED) is 0.850. The normalized spacial score (nSPS) is 22.2. The van der Waals surface area contributed by atoms with Crippen molar-refractivity contribution in [1.82, 2.24) is 19.8 Å². The van der Waals surface area contributed by atoms with Crippen LogP contribution < -0.4 is 4.72 Å². The van der Waals surface area contributed by atoms with Crippen LogP contribution in [0.2, 0.25) is 0 Å². The van der Waals surface area contributed by atoms with Crippen LogP contribution in [0.4, 0.5) is 0 Å². The van der Waals surface area contributed by atoms with Crippen molar-refractivity contribution < 1.29 is 12.8 Å². The molecule has 0 radical (unpaired) electrons. The largest absolute Gasteiger partial charge is 0.424 e. The smallest absolute Gasteiger partial charge is 0.230 e. The maximum atomic E-state index is 11.2. The van der Waals surface area contributed by atoms with Gasteiger partial charge >= 0.3 is 0 Å². The highest BCUT2D eigenvalue weighted by molar-refractivity contribution is 7.88. The lowest BCUT2D eigenvalue weighted by molar-refractivity contribution is 0.182. The highest BCUT2D eigenvalue weighted by Gasteiger charge is 2.30. The van der Waals surface area contributed by atoms with E-state index in [9.17, 15) is 8.42 Å². The number of sulfonamides is 1. The first kappa shape index (κ1) is 14.0. The Balaban J connectivity index is 1.48. The number of likely N-dealkylation sites (tertiary alicyclic amines) is 1. The highest BCUT2D eigenvalue weighted by atomic mass is 32.2. The Morgan fingerprint density at radius 2 is 1.95 bits per heavy atom. The maximum Gasteiger partial charge on any atom is 0.230 e. The summed E-state index contributed by atoms with van der Waals surface area (Å²) >= 11 is 0. The standard InChI is InChI=1S/C12H20N4O3S/c1-20(17,18)15-10-4-6-16(7-5-10)8-11-13-14-12(19-11)9-2-3-9/h9-10,15H,2-8H2,1H3. The zero-order chi connectivity index (χ0) is 14.2. The molecule has 1 aromatic rings. The van der Waals surface area contributed by atoms with E-state index in [2.05, 4.69) is 19.8 Å². The van der Waals surface area contributed by atoms with Crippen molar-refractivity contribution in [3.63, 3.8) is 0 Å². The van der Waals surface area contributed by atoms with Gasteiger partial charge in [0.15, 0.2) is 0 Å². The van der Waals surface area contributed by atoms with Gasteiger partial charge in [-0.2, -0.15) is 0 Å². The number of nitrogens with one attached hydrogen (secondary N) is 1. The molecule has 1 saturated carbocycles. The lowest BCUT2D eigenvalue weighted by Gasteiger charge is -2.30. The van der Waals surface area contributed by atoms with E-state index in [1.54, 1.807) is 0 Å². The monoisotopic (exact) mass is 300 g/mol. The summed E-state index contributed by atoms with van der Waals surface area (Å²) < 4.78 is 30.7. The van der Waals surface area contributed by atoms with Crippen molar-refractivity contribution in [3.8, 4) is 0 Å². The SMILES string of the molecule is CS(=O)(=O)NC1CCN(Cc2nnc(C3CC3)o2)CC1. The van der Waals surface area contributed by atoms with E-state index < -0.39 is 10.0 Å². The van der Waals surface area contributed by atoms with E-state index in [0.717, 1.165) is 44.7 Å². The Morgan fingerprint density at radius 3 is 2.55 bits per heavy atom. The van der Waals surface area contributed by atoms with E-state index >= 15 is 0 Å². The average molecular weight is 300 g/mol. The summed E-state index contributed by atoms with van der Waals surface area (Å²) in [7, 11) is -3.11. The van der Waals surface area contributed by atoms with Crippen LogP contribution >= 0.6 is 0 Å². The van der Waals surface area contributed by atoms with Crippen molar-refractivity contribution in [2.75, 3.05) is 19.3 Å². The first-order valence-corrected chi connectivity index (χ1v) is 8.91. The van der Waals surface area contributed by atoms with Crippen LogP contribution in [0.25, 0.3) is 0 Å². The molecule has 3 rings (SSSR count). The second kappa shape index (κ2) is 5.42. The van der Waals surface area contributed by atoms with E-state index in [4.69, 9.17) is 4.42 Å². The minimum atomic E-state index is -3.11. The van der Waals surface area contributed by atoms with Gasteiger partial charge in [-0.15, -0.1) is 10.2 Å². The van der Waals surface area contributed by atoms with Crippen LogP contribution in [0.1, 0.15) is 43.4 Å². The molecule has 0 bridgehead atoms. The maximum absolute atomic E-state index is 11.2. The zero-order valence-electron chi connectivity index (χ0n) is 11.6. The molecule has 8 heteroatoms. The van der Waals surface area contributed by atoms with Crippen LogP contribution in [0, 0.1) is 0 Å². The fraction of sp³-hybridized carbons (Fsp3) is 0.833. The van der Waals surface area contributed by atoms with Crippen molar-refractivity contribution in [3.05, 3.63) is 11.8 Å². The van der Waals surface area contributed by atoms with Gasteiger partial charge in [0.2, 0.25) is 21.8 Å². The van der Waals surface area contributed by atoms with Crippen LogP contribution in [0.5, 0.6) is 0 Å². The first-order valence-electron chi connectivity index (χ1n) is 7.01. The van der Waals surface area contributed by atoms with Crippen molar-refractivity contribution >= 4 is 10.0 Å². The Morgan fingerprint density at radius 1 is 1.25 bits per heavy atom. The summed E-state index contributed by atoms with van der Waals surface area (Å²) in [6.45, 7) is 2.34. The third-order valence-corrected chi connectivity index (χ3v) is 4.50. The lowest BCUT2D eigenvalue weighted by Crippen LogP contribution is -2.44. The molecule has 2 heterocycles. The van der Waals surface area contributed by atoms with Gasteiger partial charge < -0.3 is 4.42 Å². The van der Waals surface area contributed by atoms with Gasteiger partial charge in [-0.25, -0.2) is 13.1 Å². The average Bonchev–Trinajstić information content (AvgIpc) is 3.11. The number of hydrogen-bond donors (Lipinski definition) is 1. The van der Waals surface area contributed by atoms with Crippen LogP contribution in [0.15, 0.2) is 4.42 Å². The molecule has 2 fully saturated rings. The summed E-state index contributed by atoms with van der Waals surface area (Å²) in [5.41, 5.74) is 0. The molecule has 1 aromatic heterocycles. The molecule has 7 nitrogen and oxygen atoms in total. The molecule has 0 unspecified atom stereocenters. The number of aromatic nitrogens is 2. The van der Waals surface area contributed by atoms with Gasteiger partial charge in [-0.3, -0.25) is 4.90 Å². The Labute approximate surface area is 118 Å². The molecule has 0 aromatic carbocycles. The second-order valence-corrected chi connectivity index (χ2v) is 7.53. The predicted octanol–water partition coefficient (Wildman–Crippen LogP) is 0.461. The van der Waals surface area contributed by atoms with Gasteiger partial charge in [-0.1, -0.05) is 0 Å². The Kier molecular flexibility index (Phi) is 3.78. The van der Waals surface area contributed by atoms with Crippen LogP contribution in [0.3, 0.4) is 0 Å². The summed E-state index contributed by atoms with van der Waals surface area (Å²) in [6, 6.07) is 0.0472. The molecule has 1 aliphatic carbocycles. The van der Waals surface area contributed by atoms with E-state index in [0.29, 0.717) is 18.4 Å². The van der Waals surface area contributed by atoms with Crippen LogP contribution in [-0.4, -0.2) is 48.9 Å². The summed E-state index contributed by atoms with van der Waals surface area (Å²) in [5.74, 6) is 1.93. The topological polar surface area (TPSA) is 88.3 Å². The molecule has 0 atom stereocenters. The summed E-state index contributed by atoms with van der Waals surface area (Å²) in [5, 5.41) is 8.15. The van der Waals surface area contributed by atoms with Crippen LogP contribution in [-0.2, 0) is 16.6 Å². The third kappa shape index (κ3) is 3.77. The zero-order valence-corrected chi connectivity index (χ0v) is 12.4. The minimum Gasteiger partial charge on any atom is -0.424 e. The minimum absolute atomic E-state index is 0.0472. The molecule has 2 aliphatic rings. The van der Waals surface area contributed by atoms with Gasteiger partial charge in [-0.05, 0) is 25.7 Å². The van der Waals surface area contributed by atoms with E-state index in [-0.39, 0.29) is 6.04 Å².